The standard InChI is InChI=1S/C23H25Cl2N3O2/c1-5-28-21-11-20(25)16(9-19(21)15(2)12-23(28,3)4)13-26-27-22(29)14-30-18-8-6-7-17(24)10-18/h6-13H,5,14H2,1-4H3,(H,27,29)/b26-13+. The van der Waals surface area contributed by atoms with Gasteiger partial charge in [-0.2, -0.15) is 5.10 Å². The Morgan fingerprint density at radius 2 is 2.03 bits per heavy atom. The summed E-state index contributed by atoms with van der Waals surface area (Å²) in [4.78, 5) is 14.3. The summed E-state index contributed by atoms with van der Waals surface area (Å²) in [6.45, 7) is 9.30. The van der Waals surface area contributed by atoms with Gasteiger partial charge in [-0.15, -0.1) is 0 Å². The van der Waals surface area contributed by atoms with Crippen molar-refractivity contribution in [1.29, 1.82) is 0 Å². The van der Waals surface area contributed by atoms with Crippen molar-refractivity contribution in [2.75, 3.05) is 18.1 Å². The van der Waals surface area contributed by atoms with E-state index in [0.29, 0.717) is 15.8 Å². The summed E-state index contributed by atoms with van der Waals surface area (Å²) >= 11 is 12.4. The number of likely N-dealkylation sites (N-methyl/N-ethyl adjacent to an activating group) is 1. The third kappa shape index (κ3) is 4.97. The van der Waals surface area contributed by atoms with Crippen LogP contribution in [0.5, 0.6) is 5.75 Å². The normalized spacial score (nSPS) is 15.0. The van der Waals surface area contributed by atoms with Gasteiger partial charge in [0.2, 0.25) is 0 Å². The van der Waals surface area contributed by atoms with Crippen molar-refractivity contribution < 1.29 is 9.53 Å². The minimum Gasteiger partial charge on any atom is -0.484 e. The molecule has 1 aliphatic rings. The molecule has 3 rings (SSSR count). The number of benzene rings is 2. The van der Waals surface area contributed by atoms with Crippen molar-refractivity contribution in [2.45, 2.75) is 33.2 Å². The molecule has 1 aliphatic heterocycles. The lowest BCUT2D eigenvalue weighted by molar-refractivity contribution is -0.123. The summed E-state index contributed by atoms with van der Waals surface area (Å²) < 4.78 is 5.40. The molecule has 0 aromatic heterocycles. The first-order chi connectivity index (χ1) is 14.2. The van der Waals surface area contributed by atoms with E-state index in [1.807, 2.05) is 12.1 Å². The minimum atomic E-state index is -0.379. The number of rotatable bonds is 6. The van der Waals surface area contributed by atoms with Crippen molar-refractivity contribution in [3.8, 4) is 5.75 Å². The number of hydrogen-bond donors (Lipinski definition) is 1. The predicted molar refractivity (Wildman–Crippen MR) is 125 cm³/mol. The Morgan fingerprint density at radius 1 is 1.27 bits per heavy atom. The Labute approximate surface area is 187 Å². The van der Waals surface area contributed by atoms with E-state index in [-0.39, 0.29) is 18.1 Å². The van der Waals surface area contributed by atoms with E-state index in [0.717, 1.165) is 23.4 Å². The van der Waals surface area contributed by atoms with E-state index >= 15 is 0 Å². The summed E-state index contributed by atoms with van der Waals surface area (Å²) in [7, 11) is 0. The molecular formula is C23H25Cl2N3O2. The van der Waals surface area contributed by atoms with Crippen LogP contribution in [0.15, 0.2) is 47.6 Å². The highest BCUT2D eigenvalue weighted by molar-refractivity contribution is 6.33. The first-order valence-electron chi connectivity index (χ1n) is 9.72. The Morgan fingerprint density at radius 3 is 2.73 bits per heavy atom. The molecule has 7 heteroatoms. The van der Waals surface area contributed by atoms with Gasteiger partial charge in [0.15, 0.2) is 6.61 Å². The highest BCUT2D eigenvalue weighted by atomic mass is 35.5. The number of nitrogens with one attached hydrogen (secondary N) is 1. The zero-order chi connectivity index (χ0) is 21.9. The van der Waals surface area contributed by atoms with Crippen molar-refractivity contribution in [3.05, 3.63) is 63.6 Å². The third-order valence-corrected chi connectivity index (χ3v) is 5.53. The van der Waals surface area contributed by atoms with Gasteiger partial charge in [0, 0.05) is 28.4 Å². The average molecular weight is 446 g/mol. The number of amides is 1. The summed E-state index contributed by atoms with van der Waals surface area (Å²) in [5.74, 6) is 0.139. The molecule has 0 unspecified atom stereocenters. The van der Waals surface area contributed by atoms with E-state index in [2.05, 4.69) is 49.2 Å². The molecule has 0 spiro atoms. The number of halogens is 2. The lowest BCUT2D eigenvalue weighted by atomic mass is 9.88. The lowest BCUT2D eigenvalue weighted by Crippen LogP contribution is -2.44. The molecule has 158 valence electrons. The molecular weight excluding hydrogens is 421 g/mol. The van der Waals surface area contributed by atoms with Crippen molar-refractivity contribution in [1.82, 2.24) is 5.43 Å². The van der Waals surface area contributed by atoms with Crippen LogP contribution in [0.4, 0.5) is 5.69 Å². The second-order valence-corrected chi connectivity index (χ2v) is 8.50. The molecule has 1 heterocycles. The van der Waals surface area contributed by atoms with Crippen LogP contribution in [0.1, 0.15) is 38.8 Å². The lowest BCUT2D eigenvalue weighted by Gasteiger charge is -2.43. The average Bonchev–Trinajstić information content (AvgIpc) is 2.67. The van der Waals surface area contributed by atoms with Crippen molar-refractivity contribution >= 4 is 46.6 Å². The molecule has 5 nitrogen and oxygen atoms in total. The van der Waals surface area contributed by atoms with Crippen LogP contribution in [-0.2, 0) is 4.79 Å². The van der Waals surface area contributed by atoms with Gasteiger partial charge in [0.25, 0.3) is 5.91 Å². The molecule has 0 aliphatic carbocycles. The van der Waals surface area contributed by atoms with E-state index in [4.69, 9.17) is 27.9 Å². The number of carbonyl (C=O) groups is 1. The van der Waals surface area contributed by atoms with Crippen LogP contribution < -0.4 is 15.1 Å². The molecule has 1 amide bonds. The summed E-state index contributed by atoms with van der Waals surface area (Å²) in [5, 5.41) is 5.14. The minimum absolute atomic E-state index is 0.0816. The summed E-state index contributed by atoms with van der Waals surface area (Å²) in [6, 6.07) is 10.8. The third-order valence-electron chi connectivity index (χ3n) is 4.97. The molecule has 0 atom stereocenters. The maximum Gasteiger partial charge on any atom is 0.277 e. The van der Waals surface area contributed by atoms with Crippen LogP contribution >= 0.6 is 23.2 Å². The van der Waals surface area contributed by atoms with Crippen LogP contribution in [0.2, 0.25) is 10.0 Å². The second-order valence-electron chi connectivity index (χ2n) is 7.66. The number of carbonyl (C=O) groups excluding carboxylic acids is 1. The quantitative estimate of drug-likeness (QED) is 0.468. The van der Waals surface area contributed by atoms with Gasteiger partial charge in [0.05, 0.1) is 16.8 Å². The first-order valence-corrected chi connectivity index (χ1v) is 10.5. The maximum absolute atomic E-state index is 12.0. The highest BCUT2D eigenvalue weighted by Crippen LogP contribution is 2.40. The fourth-order valence-electron chi connectivity index (χ4n) is 3.70. The van der Waals surface area contributed by atoms with Crippen LogP contribution in [0.3, 0.4) is 0 Å². The van der Waals surface area contributed by atoms with Gasteiger partial charge in [-0.25, -0.2) is 5.43 Å². The van der Waals surface area contributed by atoms with Gasteiger partial charge in [-0.1, -0.05) is 35.3 Å². The van der Waals surface area contributed by atoms with Gasteiger partial charge < -0.3 is 9.64 Å². The van der Waals surface area contributed by atoms with Crippen LogP contribution in [0, 0.1) is 0 Å². The molecule has 1 N–H and O–H groups in total. The van der Waals surface area contributed by atoms with E-state index in [1.54, 1.807) is 30.5 Å². The summed E-state index contributed by atoms with van der Waals surface area (Å²) in [5.41, 5.74) is 6.50. The van der Waals surface area contributed by atoms with Crippen molar-refractivity contribution in [2.24, 2.45) is 5.10 Å². The van der Waals surface area contributed by atoms with E-state index < -0.39 is 0 Å². The first kappa shape index (κ1) is 22.2. The zero-order valence-electron chi connectivity index (χ0n) is 17.5. The van der Waals surface area contributed by atoms with Gasteiger partial charge in [-0.3, -0.25) is 4.79 Å². The van der Waals surface area contributed by atoms with Crippen LogP contribution in [-0.4, -0.2) is 30.8 Å². The second kappa shape index (κ2) is 9.11. The number of hydrazone groups is 1. The Kier molecular flexibility index (Phi) is 6.74. The molecule has 0 fully saturated rings. The molecule has 2 aromatic rings. The van der Waals surface area contributed by atoms with Crippen molar-refractivity contribution in [3.63, 3.8) is 0 Å². The Bertz CT molecular complexity index is 1020. The van der Waals surface area contributed by atoms with Gasteiger partial charge in [0.1, 0.15) is 5.75 Å². The molecule has 0 radical (unpaired) electrons. The molecule has 0 saturated carbocycles. The van der Waals surface area contributed by atoms with Gasteiger partial charge >= 0.3 is 0 Å². The molecule has 0 bridgehead atoms. The highest BCUT2D eigenvalue weighted by Gasteiger charge is 2.30. The van der Waals surface area contributed by atoms with E-state index in [9.17, 15) is 4.79 Å². The number of hydrogen-bond acceptors (Lipinski definition) is 4. The van der Waals surface area contributed by atoms with Crippen LogP contribution in [0.25, 0.3) is 5.57 Å². The van der Waals surface area contributed by atoms with Gasteiger partial charge in [-0.05, 0) is 63.6 Å². The molecule has 30 heavy (non-hydrogen) atoms. The SMILES string of the molecule is CCN1c2cc(Cl)c(/C=N/NC(=O)COc3cccc(Cl)c3)cc2C(C)=CC1(C)C. The fraction of sp³-hybridized carbons (Fsp3) is 0.304. The monoisotopic (exact) mass is 445 g/mol. The Hall–Kier alpha value is -2.50. The molecule has 2 aromatic carbocycles. The van der Waals surface area contributed by atoms with E-state index in [1.165, 1.54) is 5.57 Å². The fourth-order valence-corrected chi connectivity index (χ4v) is 4.09. The number of anilines is 1. The number of ether oxygens (including phenoxy) is 1. The number of fused-ring (bicyclic) bond motifs is 1. The largest absolute Gasteiger partial charge is 0.484 e. The Balaban J connectivity index is 1.69. The predicted octanol–water partition coefficient (Wildman–Crippen LogP) is 5.54. The smallest absolute Gasteiger partial charge is 0.277 e. The topological polar surface area (TPSA) is 53.9 Å². The summed E-state index contributed by atoms with van der Waals surface area (Å²) in [6.07, 6.45) is 3.80. The molecule has 0 saturated heterocycles. The number of nitrogens with zero attached hydrogens (tertiary/aromatic N) is 2. The number of allylic oxidation sites excluding steroid dienone is 1. The maximum atomic E-state index is 12.0. The zero-order valence-corrected chi connectivity index (χ0v) is 19.0.